The highest BCUT2D eigenvalue weighted by Crippen LogP contribution is 2.26. The summed E-state index contributed by atoms with van der Waals surface area (Å²) in [5.41, 5.74) is 1.59. The second kappa shape index (κ2) is 6.52. The second-order valence-electron chi connectivity index (χ2n) is 5.68. The third kappa shape index (κ3) is 3.24. The van der Waals surface area contributed by atoms with Gasteiger partial charge in [-0.25, -0.2) is 14.3 Å². The third-order valence-corrected chi connectivity index (χ3v) is 4.61. The minimum absolute atomic E-state index is 0.205. The normalized spacial score (nSPS) is 11.0. The number of hydrogen-bond acceptors (Lipinski definition) is 6. The lowest BCUT2D eigenvalue weighted by Gasteiger charge is -2.06. The number of rotatable bonds is 4. The van der Waals surface area contributed by atoms with Gasteiger partial charge in [-0.15, -0.1) is 5.10 Å². The summed E-state index contributed by atoms with van der Waals surface area (Å²) in [5, 5.41) is 11.5. The molecule has 0 aliphatic rings. The molecule has 0 bridgehead atoms. The maximum atomic E-state index is 12.3. The molecule has 8 nitrogen and oxygen atoms in total. The zero-order chi connectivity index (χ0) is 18.1. The average molecular weight is 366 g/mol. The van der Waals surface area contributed by atoms with Crippen LogP contribution in [0.25, 0.3) is 16.0 Å². The van der Waals surface area contributed by atoms with E-state index in [1.165, 1.54) is 22.1 Å². The Labute approximate surface area is 151 Å². The second-order valence-corrected chi connectivity index (χ2v) is 6.71. The quantitative estimate of drug-likeness (QED) is 0.596. The van der Waals surface area contributed by atoms with E-state index in [4.69, 9.17) is 0 Å². The van der Waals surface area contributed by atoms with E-state index in [1.807, 2.05) is 25.1 Å². The van der Waals surface area contributed by atoms with Crippen LogP contribution in [0.15, 0.2) is 53.6 Å². The van der Waals surface area contributed by atoms with Gasteiger partial charge in [0.2, 0.25) is 5.91 Å². The molecule has 9 heteroatoms. The number of aryl methyl sites for hydroxylation is 1. The molecule has 0 unspecified atom stereocenters. The molecule has 1 N–H and O–H groups in total. The van der Waals surface area contributed by atoms with E-state index >= 15 is 0 Å². The van der Waals surface area contributed by atoms with Crippen LogP contribution in [0, 0.1) is 6.92 Å². The van der Waals surface area contributed by atoms with Crippen molar-refractivity contribution < 1.29 is 4.79 Å². The maximum absolute atomic E-state index is 12.3. The number of carbonyl (C=O) groups is 1. The Bertz CT molecular complexity index is 1150. The van der Waals surface area contributed by atoms with E-state index in [-0.39, 0.29) is 18.0 Å². The summed E-state index contributed by atoms with van der Waals surface area (Å²) >= 11 is 1.39. The molecule has 0 atom stereocenters. The highest BCUT2D eigenvalue weighted by molar-refractivity contribution is 7.22. The molecule has 0 saturated carbocycles. The van der Waals surface area contributed by atoms with E-state index < -0.39 is 0 Å². The predicted molar refractivity (Wildman–Crippen MR) is 98.6 cm³/mol. The van der Waals surface area contributed by atoms with Crippen LogP contribution in [0.5, 0.6) is 0 Å². The van der Waals surface area contributed by atoms with Gasteiger partial charge in [0.15, 0.2) is 10.9 Å². The average Bonchev–Trinajstić information content (AvgIpc) is 3.25. The Kier molecular flexibility index (Phi) is 4.05. The summed E-state index contributed by atoms with van der Waals surface area (Å²) < 4.78 is 3.62. The van der Waals surface area contributed by atoms with Gasteiger partial charge in [-0.2, -0.15) is 5.10 Å². The molecule has 0 saturated heterocycles. The van der Waals surface area contributed by atoms with E-state index in [0.29, 0.717) is 10.9 Å². The molecule has 130 valence electrons. The SMILES string of the molecule is Cc1ccc2nc(NC(=O)Cn3nc(-n4cccn4)ccc3=O)sc2c1. The lowest BCUT2D eigenvalue weighted by Crippen LogP contribution is -2.30. The van der Waals surface area contributed by atoms with Crippen LogP contribution in [0.2, 0.25) is 0 Å². The van der Waals surface area contributed by atoms with Gasteiger partial charge < -0.3 is 5.32 Å². The number of nitrogens with one attached hydrogen (secondary N) is 1. The molecule has 4 rings (SSSR count). The molecule has 3 aromatic heterocycles. The number of anilines is 1. The summed E-state index contributed by atoms with van der Waals surface area (Å²) in [6.45, 7) is 1.80. The molecule has 3 heterocycles. The number of hydrogen-bond donors (Lipinski definition) is 1. The van der Waals surface area contributed by atoms with Gasteiger partial charge in [-0.05, 0) is 36.8 Å². The fourth-order valence-electron chi connectivity index (χ4n) is 2.46. The van der Waals surface area contributed by atoms with Crippen LogP contribution in [0.3, 0.4) is 0 Å². The van der Waals surface area contributed by atoms with Crippen molar-refractivity contribution >= 4 is 32.6 Å². The monoisotopic (exact) mass is 366 g/mol. The Balaban J connectivity index is 1.54. The minimum atomic E-state index is -0.368. The number of fused-ring (bicyclic) bond motifs is 1. The molecule has 0 spiro atoms. The van der Waals surface area contributed by atoms with Crippen molar-refractivity contribution in [2.24, 2.45) is 0 Å². The van der Waals surface area contributed by atoms with Crippen molar-refractivity contribution in [3.05, 3.63) is 64.7 Å². The number of benzene rings is 1. The van der Waals surface area contributed by atoms with Crippen LogP contribution in [-0.2, 0) is 11.3 Å². The van der Waals surface area contributed by atoms with Crippen LogP contribution in [-0.4, -0.2) is 30.5 Å². The zero-order valence-corrected chi connectivity index (χ0v) is 14.6. The highest BCUT2D eigenvalue weighted by atomic mass is 32.1. The van der Waals surface area contributed by atoms with Crippen molar-refractivity contribution in [3.8, 4) is 5.82 Å². The van der Waals surface area contributed by atoms with E-state index in [0.717, 1.165) is 20.5 Å². The van der Waals surface area contributed by atoms with Gasteiger partial charge in [0.25, 0.3) is 5.56 Å². The maximum Gasteiger partial charge on any atom is 0.267 e. The van der Waals surface area contributed by atoms with Crippen LogP contribution >= 0.6 is 11.3 Å². The zero-order valence-electron chi connectivity index (χ0n) is 13.8. The van der Waals surface area contributed by atoms with Gasteiger partial charge in [0.05, 0.1) is 10.2 Å². The van der Waals surface area contributed by atoms with Gasteiger partial charge >= 0.3 is 0 Å². The number of amides is 1. The Hall–Kier alpha value is -3.33. The smallest absolute Gasteiger partial charge is 0.267 e. The van der Waals surface area contributed by atoms with Crippen molar-refractivity contribution in [3.63, 3.8) is 0 Å². The van der Waals surface area contributed by atoms with Crippen molar-refractivity contribution in [1.29, 1.82) is 0 Å². The standard InChI is InChI=1S/C17H14N6O2S/c1-11-3-4-12-13(9-11)26-17(19-12)20-15(24)10-23-16(25)6-5-14(21-23)22-8-2-7-18-22/h2-9H,10H2,1H3,(H,19,20,24). The number of nitrogens with zero attached hydrogens (tertiary/aromatic N) is 5. The lowest BCUT2D eigenvalue weighted by molar-refractivity contribution is -0.117. The molecule has 0 fully saturated rings. The van der Waals surface area contributed by atoms with Crippen molar-refractivity contribution in [2.75, 3.05) is 5.32 Å². The first-order valence-electron chi connectivity index (χ1n) is 7.84. The van der Waals surface area contributed by atoms with Crippen LogP contribution in [0.1, 0.15) is 5.56 Å². The summed E-state index contributed by atoms with van der Waals surface area (Å²) in [6, 6.07) is 10.6. The first kappa shape index (κ1) is 16.2. The summed E-state index contributed by atoms with van der Waals surface area (Å²) in [4.78, 5) is 28.7. The topological polar surface area (TPSA) is 94.7 Å². The largest absolute Gasteiger partial charge is 0.300 e. The molecular weight excluding hydrogens is 352 g/mol. The molecule has 0 aliphatic carbocycles. The fraction of sp³-hybridized carbons (Fsp3) is 0.118. The first-order chi connectivity index (χ1) is 12.6. The molecule has 1 amide bonds. The van der Waals surface area contributed by atoms with Crippen LogP contribution in [0.4, 0.5) is 5.13 Å². The summed E-state index contributed by atoms with van der Waals surface area (Å²) in [7, 11) is 0. The number of aromatic nitrogens is 5. The number of thiazole rings is 1. The van der Waals surface area contributed by atoms with Gasteiger partial charge in [0, 0.05) is 18.5 Å². The first-order valence-corrected chi connectivity index (χ1v) is 8.65. The Morgan fingerprint density at radius 2 is 2.15 bits per heavy atom. The predicted octanol–water partition coefficient (Wildman–Crippen LogP) is 1.99. The van der Waals surface area contributed by atoms with Crippen molar-refractivity contribution in [1.82, 2.24) is 24.5 Å². The van der Waals surface area contributed by atoms with Gasteiger partial charge in [0.1, 0.15) is 6.54 Å². The Morgan fingerprint density at radius 3 is 2.96 bits per heavy atom. The summed E-state index contributed by atoms with van der Waals surface area (Å²) in [5.74, 6) is 0.0888. The van der Waals surface area contributed by atoms with Crippen LogP contribution < -0.4 is 10.9 Å². The fourth-order valence-corrected chi connectivity index (χ4v) is 3.44. The third-order valence-electron chi connectivity index (χ3n) is 3.68. The van der Waals surface area contributed by atoms with Gasteiger partial charge in [-0.1, -0.05) is 17.4 Å². The Morgan fingerprint density at radius 1 is 1.27 bits per heavy atom. The minimum Gasteiger partial charge on any atom is -0.300 e. The molecule has 26 heavy (non-hydrogen) atoms. The van der Waals surface area contributed by atoms with E-state index in [2.05, 4.69) is 20.5 Å². The molecule has 4 aromatic rings. The molecular formula is C17H14N6O2S. The number of carbonyl (C=O) groups excluding carboxylic acids is 1. The van der Waals surface area contributed by atoms with Gasteiger partial charge in [-0.3, -0.25) is 9.59 Å². The summed E-state index contributed by atoms with van der Waals surface area (Å²) in [6.07, 6.45) is 3.32. The molecule has 1 aromatic carbocycles. The lowest BCUT2D eigenvalue weighted by atomic mass is 10.2. The highest BCUT2D eigenvalue weighted by Gasteiger charge is 2.11. The van der Waals surface area contributed by atoms with E-state index in [9.17, 15) is 9.59 Å². The molecule has 0 radical (unpaired) electrons. The van der Waals surface area contributed by atoms with E-state index in [1.54, 1.807) is 24.5 Å². The molecule has 0 aliphatic heterocycles. The van der Waals surface area contributed by atoms with Crippen molar-refractivity contribution in [2.45, 2.75) is 13.5 Å².